The molecule has 0 saturated heterocycles. The maximum Gasteiger partial charge on any atom is 0.254 e. The lowest BCUT2D eigenvalue weighted by Crippen LogP contribution is -2.41. The van der Waals surface area contributed by atoms with E-state index >= 15 is 0 Å². The number of hydrogen-bond acceptors (Lipinski definition) is 1. The third-order valence-electron chi connectivity index (χ3n) is 2.84. The summed E-state index contributed by atoms with van der Waals surface area (Å²) in [5.74, 6) is -2.71. The number of carbonyl (C=O) groups excluding carboxylic acids is 1. The van der Waals surface area contributed by atoms with Crippen molar-refractivity contribution in [2.75, 3.05) is 0 Å². The molecule has 0 aliphatic carbocycles. The first kappa shape index (κ1) is 13.6. The van der Waals surface area contributed by atoms with Gasteiger partial charge in [0.1, 0.15) is 0 Å². The van der Waals surface area contributed by atoms with Crippen LogP contribution in [0.3, 0.4) is 0 Å². The molecular weight excluding hydrogens is 224 g/mol. The topological polar surface area (TPSA) is 29.1 Å². The molecule has 1 rings (SSSR count). The fraction of sp³-hybridized carbons (Fsp3) is 0.462. The molecule has 1 aromatic carbocycles. The Morgan fingerprint density at radius 2 is 1.88 bits per heavy atom. The summed E-state index contributed by atoms with van der Waals surface area (Å²) in [6, 6.07) is 3.43. The lowest BCUT2D eigenvalue weighted by molar-refractivity contribution is 0.0905. The molecule has 1 aromatic rings. The zero-order valence-electron chi connectivity index (χ0n) is 10.5. The number of rotatable bonds is 2. The van der Waals surface area contributed by atoms with Gasteiger partial charge in [-0.3, -0.25) is 4.79 Å². The van der Waals surface area contributed by atoms with Gasteiger partial charge in [0.25, 0.3) is 5.91 Å². The molecule has 1 atom stereocenters. The summed E-state index contributed by atoms with van der Waals surface area (Å²) in [7, 11) is 0. The van der Waals surface area contributed by atoms with Crippen molar-refractivity contribution >= 4 is 5.91 Å². The van der Waals surface area contributed by atoms with E-state index in [4.69, 9.17) is 0 Å². The Morgan fingerprint density at radius 1 is 1.29 bits per heavy atom. The van der Waals surface area contributed by atoms with E-state index in [1.54, 1.807) is 0 Å². The van der Waals surface area contributed by atoms with Gasteiger partial charge in [0.05, 0.1) is 5.56 Å². The van der Waals surface area contributed by atoms with Crippen LogP contribution >= 0.6 is 0 Å². The standard InChI is InChI=1S/C13H17F2NO/c1-8(13(2,3)4)16-12(17)9-6-5-7-10(14)11(9)15/h5-8H,1-4H3,(H,16,17). The molecule has 0 spiro atoms. The van der Waals surface area contributed by atoms with E-state index in [2.05, 4.69) is 5.32 Å². The SMILES string of the molecule is CC(NC(=O)c1cccc(F)c1F)C(C)(C)C. The second-order valence-electron chi connectivity index (χ2n) is 5.16. The van der Waals surface area contributed by atoms with Gasteiger partial charge in [-0.1, -0.05) is 26.8 Å². The van der Waals surface area contributed by atoms with Gasteiger partial charge in [-0.2, -0.15) is 0 Å². The molecule has 1 unspecified atom stereocenters. The third kappa shape index (κ3) is 3.25. The Labute approximate surface area is 100 Å². The van der Waals surface area contributed by atoms with Crippen molar-refractivity contribution < 1.29 is 13.6 Å². The molecule has 1 N–H and O–H groups in total. The lowest BCUT2D eigenvalue weighted by Gasteiger charge is -2.28. The first-order chi connectivity index (χ1) is 7.73. The van der Waals surface area contributed by atoms with Crippen molar-refractivity contribution in [2.24, 2.45) is 5.41 Å². The van der Waals surface area contributed by atoms with Gasteiger partial charge in [-0.15, -0.1) is 0 Å². The summed E-state index contributed by atoms with van der Waals surface area (Å²) in [6.07, 6.45) is 0. The Bertz CT molecular complexity index is 424. The monoisotopic (exact) mass is 241 g/mol. The second kappa shape index (κ2) is 4.82. The zero-order chi connectivity index (χ0) is 13.2. The van der Waals surface area contributed by atoms with E-state index < -0.39 is 17.5 Å². The summed E-state index contributed by atoms with van der Waals surface area (Å²) in [4.78, 5) is 11.8. The summed E-state index contributed by atoms with van der Waals surface area (Å²) >= 11 is 0. The van der Waals surface area contributed by atoms with Crippen LogP contribution in [0.25, 0.3) is 0 Å². The van der Waals surface area contributed by atoms with Gasteiger partial charge < -0.3 is 5.32 Å². The molecular formula is C13H17F2NO. The Morgan fingerprint density at radius 3 is 2.41 bits per heavy atom. The van der Waals surface area contributed by atoms with Crippen LogP contribution in [-0.4, -0.2) is 11.9 Å². The van der Waals surface area contributed by atoms with Crippen LogP contribution in [0.4, 0.5) is 8.78 Å². The summed E-state index contributed by atoms with van der Waals surface area (Å²) in [6.45, 7) is 7.70. The maximum absolute atomic E-state index is 13.4. The molecule has 17 heavy (non-hydrogen) atoms. The van der Waals surface area contributed by atoms with E-state index in [-0.39, 0.29) is 17.0 Å². The fourth-order valence-electron chi connectivity index (χ4n) is 1.17. The average Bonchev–Trinajstić information content (AvgIpc) is 2.20. The maximum atomic E-state index is 13.4. The predicted octanol–water partition coefficient (Wildman–Crippen LogP) is 3.13. The molecule has 0 fully saturated rings. The van der Waals surface area contributed by atoms with Gasteiger partial charge in [0.2, 0.25) is 0 Å². The van der Waals surface area contributed by atoms with Gasteiger partial charge >= 0.3 is 0 Å². The van der Waals surface area contributed by atoms with Crippen LogP contribution < -0.4 is 5.32 Å². The van der Waals surface area contributed by atoms with Crippen molar-refractivity contribution in [3.63, 3.8) is 0 Å². The van der Waals surface area contributed by atoms with Crippen molar-refractivity contribution in [2.45, 2.75) is 33.7 Å². The highest BCUT2D eigenvalue weighted by Gasteiger charge is 2.23. The van der Waals surface area contributed by atoms with Crippen molar-refractivity contribution in [3.8, 4) is 0 Å². The van der Waals surface area contributed by atoms with Crippen LogP contribution in [0.1, 0.15) is 38.1 Å². The normalized spacial score (nSPS) is 13.3. The lowest BCUT2D eigenvalue weighted by atomic mass is 9.88. The van der Waals surface area contributed by atoms with E-state index in [0.29, 0.717) is 0 Å². The van der Waals surface area contributed by atoms with Crippen LogP contribution in [0.5, 0.6) is 0 Å². The summed E-state index contributed by atoms with van der Waals surface area (Å²) in [5, 5.41) is 2.66. The van der Waals surface area contributed by atoms with Crippen LogP contribution in [-0.2, 0) is 0 Å². The third-order valence-corrected chi connectivity index (χ3v) is 2.84. The molecule has 4 heteroatoms. The Hall–Kier alpha value is -1.45. The molecule has 0 heterocycles. The molecule has 1 amide bonds. The van der Waals surface area contributed by atoms with Crippen molar-refractivity contribution in [3.05, 3.63) is 35.4 Å². The second-order valence-corrected chi connectivity index (χ2v) is 5.16. The summed E-state index contributed by atoms with van der Waals surface area (Å²) in [5.41, 5.74) is -0.402. The molecule has 0 saturated carbocycles. The molecule has 0 aliphatic rings. The molecule has 0 radical (unpaired) electrons. The van der Waals surface area contributed by atoms with E-state index in [1.165, 1.54) is 12.1 Å². The zero-order valence-corrected chi connectivity index (χ0v) is 10.5. The first-order valence-electron chi connectivity index (χ1n) is 5.48. The fourth-order valence-corrected chi connectivity index (χ4v) is 1.17. The Kier molecular flexibility index (Phi) is 3.86. The largest absolute Gasteiger partial charge is 0.349 e. The smallest absolute Gasteiger partial charge is 0.254 e. The van der Waals surface area contributed by atoms with Crippen LogP contribution in [0, 0.1) is 17.0 Å². The van der Waals surface area contributed by atoms with E-state index in [0.717, 1.165) is 6.07 Å². The van der Waals surface area contributed by atoms with Gasteiger partial charge in [0.15, 0.2) is 11.6 Å². The van der Waals surface area contributed by atoms with Crippen LogP contribution in [0.15, 0.2) is 18.2 Å². The molecule has 0 aromatic heterocycles. The number of carbonyl (C=O) groups is 1. The van der Waals surface area contributed by atoms with E-state index in [9.17, 15) is 13.6 Å². The first-order valence-corrected chi connectivity index (χ1v) is 5.48. The number of nitrogens with one attached hydrogen (secondary N) is 1. The minimum Gasteiger partial charge on any atom is -0.349 e. The number of benzene rings is 1. The minimum absolute atomic E-state index is 0.139. The molecule has 0 bridgehead atoms. The van der Waals surface area contributed by atoms with Gasteiger partial charge in [-0.25, -0.2) is 8.78 Å². The number of hydrogen-bond donors (Lipinski definition) is 1. The minimum atomic E-state index is -1.11. The Balaban J connectivity index is 2.88. The highest BCUT2D eigenvalue weighted by atomic mass is 19.2. The number of halogens is 2. The molecule has 0 aliphatic heterocycles. The highest BCUT2D eigenvalue weighted by Crippen LogP contribution is 2.19. The average molecular weight is 241 g/mol. The predicted molar refractivity (Wildman–Crippen MR) is 62.7 cm³/mol. The number of amides is 1. The van der Waals surface area contributed by atoms with Gasteiger partial charge in [-0.05, 0) is 24.5 Å². The highest BCUT2D eigenvalue weighted by molar-refractivity contribution is 5.94. The van der Waals surface area contributed by atoms with Crippen LogP contribution in [0.2, 0.25) is 0 Å². The molecule has 94 valence electrons. The van der Waals surface area contributed by atoms with E-state index in [1.807, 2.05) is 27.7 Å². The van der Waals surface area contributed by atoms with Gasteiger partial charge in [0, 0.05) is 6.04 Å². The van der Waals surface area contributed by atoms with Crippen molar-refractivity contribution in [1.29, 1.82) is 0 Å². The quantitative estimate of drug-likeness (QED) is 0.846. The van der Waals surface area contributed by atoms with Crippen molar-refractivity contribution in [1.82, 2.24) is 5.32 Å². The summed E-state index contributed by atoms with van der Waals surface area (Å²) < 4.78 is 26.3. The molecule has 2 nitrogen and oxygen atoms in total.